The first kappa shape index (κ1) is 29.2. The molecule has 1 heterocycles. The molecule has 6 heteroatoms. The second kappa shape index (κ2) is 12.8. The van der Waals surface area contributed by atoms with Crippen LogP contribution in [0.1, 0.15) is 83.3 Å². The molecular formula is C29H45NO4S. The second-order valence-electron chi connectivity index (χ2n) is 9.64. The minimum atomic E-state index is -3.58. The van der Waals surface area contributed by atoms with E-state index in [2.05, 4.69) is 13.8 Å². The van der Waals surface area contributed by atoms with E-state index in [9.17, 15) is 13.5 Å². The van der Waals surface area contributed by atoms with Crippen LogP contribution in [0.4, 0.5) is 5.69 Å². The number of sulfone groups is 1. The molecule has 0 saturated carbocycles. The van der Waals surface area contributed by atoms with Crippen molar-refractivity contribution < 1.29 is 18.3 Å². The van der Waals surface area contributed by atoms with Crippen LogP contribution < -0.4 is 9.64 Å². The van der Waals surface area contributed by atoms with Gasteiger partial charge in [0.15, 0.2) is 9.84 Å². The summed E-state index contributed by atoms with van der Waals surface area (Å²) in [6, 6.07) is 13.2. The number of ether oxygens (including phenoxy) is 1. The number of anilines is 1. The number of hydrogen-bond donors (Lipinski definition) is 1. The summed E-state index contributed by atoms with van der Waals surface area (Å²) in [6.45, 7) is 8.23. The number of hydrogen-bond acceptors (Lipinski definition) is 5. The fraction of sp³-hybridized carbons (Fsp3) is 0.586. The SMILES string of the molecule is CC.CCCCC1(CCCC)CS(=O)(=O)c2ccc(N(C)C)cc2C(c2ccc(OC)cc2)C1O. The van der Waals surface area contributed by atoms with Crippen LogP contribution in [0.25, 0.3) is 0 Å². The minimum absolute atomic E-state index is 0.0118. The summed E-state index contributed by atoms with van der Waals surface area (Å²) in [5.41, 5.74) is 1.83. The molecule has 0 spiro atoms. The average molecular weight is 504 g/mol. The van der Waals surface area contributed by atoms with Crippen molar-refractivity contribution in [1.29, 1.82) is 0 Å². The molecule has 2 unspecified atom stereocenters. The maximum Gasteiger partial charge on any atom is 0.179 e. The predicted molar refractivity (Wildman–Crippen MR) is 146 cm³/mol. The van der Waals surface area contributed by atoms with E-state index in [4.69, 9.17) is 4.74 Å². The average Bonchev–Trinajstić information content (AvgIpc) is 2.93. The van der Waals surface area contributed by atoms with E-state index in [1.165, 1.54) is 0 Å². The molecule has 0 fully saturated rings. The maximum absolute atomic E-state index is 13.8. The Bertz CT molecular complexity index is 1020. The number of nitrogens with zero attached hydrogens (tertiary/aromatic N) is 1. The molecule has 1 N–H and O–H groups in total. The van der Waals surface area contributed by atoms with E-state index in [-0.39, 0.29) is 5.75 Å². The monoisotopic (exact) mass is 503 g/mol. The lowest BCUT2D eigenvalue weighted by Gasteiger charge is -2.40. The largest absolute Gasteiger partial charge is 0.497 e. The van der Waals surface area contributed by atoms with Gasteiger partial charge in [-0.15, -0.1) is 0 Å². The van der Waals surface area contributed by atoms with Crippen molar-refractivity contribution in [2.45, 2.75) is 83.1 Å². The lowest BCUT2D eigenvalue weighted by molar-refractivity contribution is 0.0127. The molecule has 0 saturated heterocycles. The number of aliphatic hydroxyl groups excluding tert-OH is 1. The zero-order chi connectivity index (χ0) is 26.2. The summed E-state index contributed by atoms with van der Waals surface area (Å²) in [7, 11) is 1.93. The van der Waals surface area contributed by atoms with Crippen molar-refractivity contribution in [1.82, 2.24) is 0 Å². The number of methoxy groups -OCH3 is 1. The van der Waals surface area contributed by atoms with E-state index in [1.54, 1.807) is 13.2 Å². The molecule has 0 bridgehead atoms. The van der Waals surface area contributed by atoms with Crippen LogP contribution in [0, 0.1) is 5.41 Å². The van der Waals surface area contributed by atoms with Gasteiger partial charge < -0.3 is 14.7 Å². The van der Waals surface area contributed by atoms with Gasteiger partial charge in [0.05, 0.1) is 23.9 Å². The number of aliphatic hydroxyl groups is 1. The Kier molecular flexibility index (Phi) is 10.6. The van der Waals surface area contributed by atoms with E-state index >= 15 is 0 Å². The van der Waals surface area contributed by atoms with Crippen LogP contribution in [0.15, 0.2) is 47.4 Å². The van der Waals surface area contributed by atoms with Crippen molar-refractivity contribution in [2.24, 2.45) is 5.41 Å². The summed E-state index contributed by atoms with van der Waals surface area (Å²) in [5.74, 6) is 0.291. The normalized spacial score (nSPS) is 20.1. The van der Waals surface area contributed by atoms with Crippen molar-refractivity contribution in [3.8, 4) is 5.75 Å². The highest BCUT2D eigenvalue weighted by atomic mass is 32.2. The van der Waals surface area contributed by atoms with Gasteiger partial charge in [-0.1, -0.05) is 65.5 Å². The van der Waals surface area contributed by atoms with E-state index in [1.807, 2.05) is 69.2 Å². The fourth-order valence-electron chi connectivity index (χ4n) is 5.20. The van der Waals surface area contributed by atoms with Crippen molar-refractivity contribution in [3.63, 3.8) is 0 Å². The van der Waals surface area contributed by atoms with Gasteiger partial charge in [-0.25, -0.2) is 8.42 Å². The first-order valence-corrected chi connectivity index (χ1v) is 14.7. The smallest absolute Gasteiger partial charge is 0.179 e. The molecule has 35 heavy (non-hydrogen) atoms. The molecule has 3 rings (SSSR count). The summed E-state index contributed by atoms with van der Waals surface area (Å²) in [6.07, 6.45) is 4.31. The summed E-state index contributed by atoms with van der Waals surface area (Å²) in [5, 5.41) is 12.1. The number of benzene rings is 2. The van der Waals surface area contributed by atoms with Crippen LogP contribution in [0.3, 0.4) is 0 Å². The standard InChI is InChI=1S/C27H39NO4S.C2H6/c1-6-8-16-27(17-9-7-2)19-33(30,31)24-15-12-21(28(3)4)18-23(24)25(26(27)29)20-10-13-22(32-5)14-11-20;1-2/h10-15,18,25-26,29H,6-9,16-17,19H2,1-5H3;1-2H3. The van der Waals surface area contributed by atoms with Crippen molar-refractivity contribution in [3.05, 3.63) is 53.6 Å². The Balaban J connectivity index is 0.00000210. The highest BCUT2D eigenvalue weighted by Gasteiger charge is 2.49. The van der Waals surface area contributed by atoms with Gasteiger partial charge in [-0.05, 0) is 54.3 Å². The Hall–Kier alpha value is -2.05. The van der Waals surface area contributed by atoms with E-state index < -0.39 is 27.3 Å². The lowest BCUT2D eigenvalue weighted by Crippen LogP contribution is -2.43. The molecule has 0 aromatic heterocycles. The third-order valence-electron chi connectivity index (χ3n) is 7.13. The topological polar surface area (TPSA) is 66.8 Å². The van der Waals surface area contributed by atoms with Crippen molar-refractivity contribution >= 4 is 15.5 Å². The summed E-state index contributed by atoms with van der Waals surface area (Å²) < 4.78 is 32.9. The quantitative estimate of drug-likeness (QED) is 0.427. The molecule has 1 aliphatic rings. The predicted octanol–water partition coefficient (Wildman–Crippen LogP) is 6.43. The molecule has 2 aromatic rings. The van der Waals surface area contributed by atoms with Gasteiger partial charge in [0.2, 0.25) is 0 Å². The molecule has 2 aromatic carbocycles. The molecule has 196 valence electrons. The van der Waals surface area contributed by atoms with Gasteiger partial charge in [0.1, 0.15) is 5.75 Å². The first-order chi connectivity index (χ1) is 16.7. The number of unbranched alkanes of at least 4 members (excludes halogenated alkanes) is 2. The number of fused-ring (bicyclic) bond motifs is 1. The van der Waals surface area contributed by atoms with Crippen LogP contribution in [-0.2, 0) is 9.84 Å². The highest BCUT2D eigenvalue weighted by molar-refractivity contribution is 7.91. The Morgan fingerprint density at radius 1 is 1.00 bits per heavy atom. The molecule has 0 radical (unpaired) electrons. The van der Waals surface area contributed by atoms with Gasteiger partial charge >= 0.3 is 0 Å². The van der Waals surface area contributed by atoms with E-state index in [0.717, 1.165) is 42.7 Å². The van der Waals surface area contributed by atoms with Gasteiger partial charge in [-0.3, -0.25) is 0 Å². The molecule has 1 aliphatic heterocycles. The van der Waals surface area contributed by atoms with Crippen LogP contribution in [0.2, 0.25) is 0 Å². The molecule has 2 atom stereocenters. The third-order valence-corrected chi connectivity index (χ3v) is 9.13. The van der Waals surface area contributed by atoms with Crippen LogP contribution >= 0.6 is 0 Å². The van der Waals surface area contributed by atoms with Gasteiger partial charge in [-0.2, -0.15) is 0 Å². The fourth-order valence-corrected chi connectivity index (χ4v) is 7.39. The Morgan fingerprint density at radius 2 is 1.57 bits per heavy atom. The molecule has 0 aliphatic carbocycles. The lowest BCUT2D eigenvalue weighted by atomic mass is 9.68. The zero-order valence-electron chi connectivity index (χ0n) is 22.7. The minimum Gasteiger partial charge on any atom is -0.497 e. The number of rotatable bonds is 9. The highest BCUT2D eigenvalue weighted by Crippen LogP contribution is 2.50. The van der Waals surface area contributed by atoms with Crippen LogP contribution in [0.5, 0.6) is 5.75 Å². The first-order valence-electron chi connectivity index (χ1n) is 13.0. The summed E-state index contributed by atoms with van der Waals surface area (Å²) >= 11 is 0. The van der Waals surface area contributed by atoms with Crippen molar-refractivity contribution in [2.75, 3.05) is 31.9 Å². The third kappa shape index (κ3) is 6.39. The van der Waals surface area contributed by atoms with Gasteiger partial charge in [0.25, 0.3) is 0 Å². The maximum atomic E-state index is 13.8. The van der Waals surface area contributed by atoms with Crippen LogP contribution in [-0.4, -0.2) is 46.6 Å². The molecule has 5 nitrogen and oxygen atoms in total. The second-order valence-corrected chi connectivity index (χ2v) is 11.6. The molecule has 0 amide bonds. The Morgan fingerprint density at radius 3 is 2.06 bits per heavy atom. The van der Waals surface area contributed by atoms with Gasteiger partial charge in [0, 0.05) is 31.1 Å². The molecular weight excluding hydrogens is 458 g/mol. The Labute approximate surface area is 213 Å². The van der Waals surface area contributed by atoms with E-state index in [0.29, 0.717) is 23.3 Å². The summed E-state index contributed by atoms with van der Waals surface area (Å²) in [4.78, 5) is 2.32. The zero-order valence-corrected chi connectivity index (χ0v) is 23.5.